The molecular weight excluding hydrogens is 377 g/mol. The van der Waals surface area contributed by atoms with Gasteiger partial charge in [0.15, 0.2) is 5.82 Å². The molecule has 0 aromatic carbocycles. The lowest BCUT2D eigenvalue weighted by atomic mass is 10.1. The third-order valence-electron chi connectivity index (χ3n) is 3.17. The zero-order valence-electron chi connectivity index (χ0n) is 13.7. The van der Waals surface area contributed by atoms with Crippen molar-refractivity contribution in [3.63, 3.8) is 0 Å². The molecule has 0 aliphatic heterocycles. The molecule has 120 valence electrons. The van der Waals surface area contributed by atoms with Crippen LogP contribution in [-0.4, -0.2) is 23.1 Å². The zero-order chi connectivity index (χ0) is 15.7. The number of nitrogens with one attached hydrogen (secondary N) is 1. The van der Waals surface area contributed by atoms with E-state index in [1.165, 1.54) is 0 Å². The highest BCUT2D eigenvalue weighted by molar-refractivity contribution is 14.1. The molecule has 0 bridgehead atoms. The van der Waals surface area contributed by atoms with Gasteiger partial charge in [0.2, 0.25) is 0 Å². The van der Waals surface area contributed by atoms with Crippen molar-refractivity contribution >= 4 is 28.4 Å². The maximum atomic E-state index is 5.85. The minimum atomic E-state index is 0.00906. The molecule has 21 heavy (non-hydrogen) atoms. The molecule has 1 unspecified atom stereocenters. The van der Waals surface area contributed by atoms with Crippen LogP contribution in [0.5, 0.6) is 0 Å². The van der Waals surface area contributed by atoms with Crippen molar-refractivity contribution in [2.75, 3.05) is 18.5 Å². The first-order valence-corrected chi connectivity index (χ1v) is 9.17. The van der Waals surface area contributed by atoms with Gasteiger partial charge in [-0.3, -0.25) is 0 Å². The largest absolute Gasteiger partial charge is 0.371 e. The summed E-state index contributed by atoms with van der Waals surface area (Å²) >= 11 is 2.36. The molecule has 4 nitrogen and oxygen atoms in total. The van der Waals surface area contributed by atoms with Crippen molar-refractivity contribution in [3.8, 4) is 0 Å². The molecule has 0 fully saturated rings. The van der Waals surface area contributed by atoms with Crippen LogP contribution in [-0.2, 0) is 11.2 Å². The van der Waals surface area contributed by atoms with E-state index in [2.05, 4.69) is 48.7 Å². The van der Waals surface area contributed by atoms with E-state index in [9.17, 15) is 0 Å². The van der Waals surface area contributed by atoms with Crippen molar-refractivity contribution in [2.24, 2.45) is 0 Å². The second kappa shape index (κ2) is 10.3. The van der Waals surface area contributed by atoms with E-state index in [0.29, 0.717) is 6.61 Å². The summed E-state index contributed by atoms with van der Waals surface area (Å²) in [5, 5.41) is 3.43. The van der Waals surface area contributed by atoms with Crippen LogP contribution in [0.4, 0.5) is 5.82 Å². The molecule has 1 aromatic rings. The Labute approximate surface area is 142 Å². The fraction of sp³-hybridized carbons (Fsp3) is 0.750. The zero-order valence-corrected chi connectivity index (χ0v) is 15.9. The van der Waals surface area contributed by atoms with Crippen molar-refractivity contribution < 1.29 is 4.74 Å². The van der Waals surface area contributed by atoms with E-state index < -0.39 is 0 Å². The first kappa shape index (κ1) is 18.6. The van der Waals surface area contributed by atoms with Gasteiger partial charge in [0.25, 0.3) is 0 Å². The molecular formula is C16H28IN3O. The number of hydrogen-bond donors (Lipinski definition) is 1. The monoisotopic (exact) mass is 405 g/mol. The quantitative estimate of drug-likeness (QED) is 0.572. The van der Waals surface area contributed by atoms with E-state index in [1.807, 2.05) is 6.92 Å². The number of ether oxygens (including phenoxy) is 1. The first-order chi connectivity index (χ1) is 10.2. The van der Waals surface area contributed by atoms with Crippen LogP contribution in [0.3, 0.4) is 0 Å². The minimum absolute atomic E-state index is 0.00906. The standard InChI is InChI=1S/C16H28IN3O/c1-5-9-12-14(17)16(18-11-7-3)20-15(19-12)13(10-6-2)21-8-4/h13H,5-11H2,1-4H3,(H,18,19,20). The van der Waals surface area contributed by atoms with Crippen LogP contribution < -0.4 is 5.32 Å². The van der Waals surface area contributed by atoms with Gasteiger partial charge >= 0.3 is 0 Å². The second-order valence-corrected chi connectivity index (χ2v) is 6.18. The molecule has 1 aromatic heterocycles. The second-order valence-electron chi connectivity index (χ2n) is 5.10. The summed E-state index contributed by atoms with van der Waals surface area (Å²) in [5.74, 6) is 1.80. The van der Waals surface area contributed by atoms with Crippen molar-refractivity contribution in [1.29, 1.82) is 0 Å². The molecule has 0 spiro atoms. The Kier molecular flexibility index (Phi) is 9.15. The van der Waals surface area contributed by atoms with Crippen LogP contribution in [0.25, 0.3) is 0 Å². The van der Waals surface area contributed by atoms with E-state index in [0.717, 1.165) is 59.6 Å². The fourth-order valence-corrected chi connectivity index (χ4v) is 2.87. The first-order valence-electron chi connectivity index (χ1n) is 8.09. The van der Waals surface area contributed by atoms with Crippen LogP contribution >= 0.6 is 22.6 Å². The summed E-state index contributed by atoms with van der Waals surface area (Å²) in [7, 11) is 0. The molecule has 0 saturated heterocycles. The van der Waals surface area contributed by atoms with Gasteiger partial charge in [0.1, 0.15) is 11.9 Å². The minimum Gasteiger partial charge on any atom is -0.371 e. The number of aryl methyl sites for hydroxylation is 1. The highest BCUT2D eigenvalue weighted by Crippen LogP contribution is 2.26. The third kappa shape index (κ3) is 5.70. The summed E-state index contributed by atoms with van der Waals surface area (Å²) in [6.07, 6.45) is 5.21. The Morgan fingerprint density at radius 3 is 2.43 bits per heavy atom. The Morgan fingerprint density at radius 2 is 1.86 bits per heavy atom. The summed E-state index contributed by atoms with van der Waals surface area (Å²) in [6, 6.07) is 0. The van der Waals surface area contributed by atoms with Gasteiger partial charge in [0.05, 0.1) is 9.26 Å². The third-order valence-corrected chi connectivity index (χ3v) is 4.31. The van der Waals surface area contributed by atoms with E-state index in [1.54, 1.807) is 0 Å². The predicted molar refractivity (Wildman–Crippen MR) is 96.8 cm³/mol. The number of halogens is 1. The van der Waals surface area contributed by atoms with Crippen molar-refractivity contribution in [3.05, 3.63) is 15.1 Å². The highest BCUT2D eigenvalue weighted by atomic mass is 127. The topological polar surface area (TPSA) is 47.0 Å². The van der Waals surface area contributed by atoms with Gasteiger partial charge in [-0.1, -0.05) is 33.6 Å². The molecule has 1 atom stereocenters. The normalized spacial score (nSPS) is 12.4. The van der Waals surface area contributed by atoms with Gasteiger partial charge < -0.3 is 10.1 Å². The fourth-order valence-electron chi connectivity index (χ4n) is 2.17. The molecule has 0 radical (unpaired) electrons. The van der Waals surface area contributed by atoms with Crippen molar-refractivity contribution in [2.45, 2.75) is 65.9 Å². The van der Waals surface area contributed by atoms with Crippen LogP contribution in [0.2, 0.25) is 0 Å². The molecule has 0 aliphatic carbocycles. The smallest absolute Gasteiger partial charge is 0.159 e. The predicted octanol–water partition coefficient (Wildman–Crippen LogP) is 4.73. The van der Waals surface area contributed by atoms with Crippen molar-refractivity contribution in [1.82, 2.24) is 9.97 Å². The number of aromatic nitrogens is 2. The Bertz CT molecular complexity index is 420. The summed E-state index contributed by atoms with van der Waals surface area (Å²) in [6.45, 7) is 10.2. The Morgan fingerprint density at radius 1 is 1.10 bits per heavy atom. The molecule has 0 saturated carbocycles. The molecule has 1 N–H and O–H groups in total. The Hall–Kier alpha value is -0.430. The highest BCUT2D eigenvalue weighted by Gasteiger charge is 2.18. The maximum Gasteiger partial charge on any atom is 0.159 e. The number of rotatable bonds is 10. The molecule has 5 heteroatoms. The average molecular weight is 405 g/mol. The SMILES string of the molecule is CCCNc1nc(C(CCC)OCC)nc(CCC)c1I. The van der Waals surface area contributed by atoms with Crippen LogP contribution in [0.15, 0.2) is 0 Å². The lowest BCUT2D eigenvalue weighted by Crippen LogP contribution is -2.15. The molecule has 1 heterocycles. The molecule has 0 aliphatic rings. The summed E-state index contributed by atoms with van der Waals surface area (Å²) in [4.78, 5) is 9.52. The van der Waals surface area contributed by atoms with E-state index in [4.69, 9.17) is 14.7 Å². The van der Waals surface area contributed by atoms with E-state index in [-0.39, 0.29) is 6.10 Å². The maximum absolute atomic E-state index is 5.85. The summed E-state index contributed by atoms with van der Waals surface area (Å²) in [5.41, 5.74) is 1.14. The Balaban J connectivity index is 3.13. The van der Waals surface area contributed by atoms with Gasteiger partial charge in [-0.25, -0.2) is 9.97 Å². The molecule has 1 rings (SSSR count). The van der Waals surface area contributed by atoms with Crippen LogP contribution in [0, 0.1) is 3.57 Å². The lowest BCUT2D eigenvalue weighted by molar-refractivity contribution is 0.0493. The average Bonchev–Trinajstić information content (AvgIpc) is 2.48. The van der Waals surface area contributed by atoms with Gasteiger partial charge in [0, 0.05) is 13.2 Å². The molecule has 0 amide bonds. The summed E-state index contributed by atoms with van der Waals surface area (Å²) < 4.78 is 7.00. The lowest BCUT2D eigenvalue weighted by Gasteiger charge is -2.18. The van der Waals surface area contributed by atoms with E-state index >= 15 is 0 Å². The van der Waals surface area contributed by atoms with Gasteiger partial charge in [-0.05, 0) is 48.8 Å². The number of anilines is 1. The van der Waals surface area contributed by atoms with Gasteiger partial charge in [-0.15, -0.1) is 0 Å². The number of hydrogen-bond acceptors (Lipinski definition) is 4. The number of nitrogens with zero attached hydrogens (tertiary/aromatic N) is 2. The van der Waals surface area contributed by atoms with Crippen LogP contribution in [0.1, 0.15) is 71.0 Å². The van der Waals surface area contributed by atoms with Gasteiger partial charge in [-0.2, -0.15) is 0 Å².